The summed E-state index contributed by atoms with van der Waals surface area (Å²) in [6.07, 6.45) is 7.05. The molecular weight excluding hydrogens is 295 g/mol. The average Bonchev–Trinajstić information content (AvgIpc) is 2.61. The number of rotatable bonds is 4. The molecule has 1 saturated heterocycles. The number of carbonyl (C=O) groups excluding carboxylic acids is 1. The smallest absolute Gasteiger partial charge is 0.254 e. The second kappa shape index (κ2) is 7.17. The van der Waals surface area contributed by atoms with Gasteiger partial charge in [-0.15, -0.1) is 0 Å². The average molecular weight is 314 g/mol. The molecule has 1 aromatic carbocycles. The molecule has 1 N–H and O–H groups in total. The first-order chi connectivity index (χ1) is 11.2. The Morgan fingerprint density at radius 3 is 2.74 bits per heavy atom. The van der Waals surface area contributed by atoms with Gasteiger partial charge in [0.05, 0.1) is 11.8 Å². The fourth-order valence-corrected chi connectivity index (χ4v) is 2.80. The highest BCUT2D eigenvalue weighted by molar-refractivity contribution is 5.94. The Balaban J connectivity index is 1.48. The van der Waals surface area contributed by atoms with E-state index in [0.29, 0.717) is 12.5 Å². The Labute approximate surface area is 134 Å². The third-order valence-corrected chi connectivity index (χ3v) is 4.16. The van der Waals surface area contributed by atoms with Crippen molar-refractivity contribution in [3.63, 3.8) is 0 Å². The van der Waals surface area contributed by atoms with Gasteiger partial charge in [0.15, 0.2) is 0 Å². The van der Waals surface area contributed by atoms with Crippen LogP contribution in [0.3, 0.4) is 0 Å². The highest BCUT2D eigenvalue weighted by Gasteiger charge is 2.21. The van der Waals surface area contributed by atoms with Crippen LogP contribution in [-0.2, 0) is 0 Å². The number of benzene rings is 1. The molecule has 23 heavy (non-hydrogen) atoms. The summed E-state index contributed by atoms with van der Waals surface area (Å²) in [6, 6.07) is 6.04. The van der Waals surface area contributed by atoms with Gasteiger partial charge in [-0.2, -0.15) is 0 Å². The van der Waals surface area contributed by atoms with E-state index in [2.05, 4.69) is 20.2 Å². The quantitative estimate of drug-likeness (QED) is 0.940. The maximum atomic E-state index is 13.6. The summed E-state index contributed by atoms with van der Waals surface area (Å²) >= 11 is 0. The van der Waals surface area contributed by atoms with Gasteiger partial charge in [0.2, 0.25) is 0 Å². The molecule has 0 atom stereocenters. The number of amides is 1. The molecule has 0 bridgehead atoms. The molecule has 1 fully saturated rings. The number of hydrogen-bond acceptors (Lipinski definition) is 4. The van der Waals surface area contributed by atoms with Crippen LogP contribution in [0.1, 0.15) is 23.2 Å². The SMILES string of the molecule is O=C(NCC1CCN(c2cnccn2)CC1)c1ccccc1F. The molecule has 0 saturated carbocycles. The van der Waals surface area contributed by atoms with E-state index in [1.807, 2.05) is 0 Å². The molecule has 120 valence electrons. The zero-order chi connectivity index (χ0) is 16.1. The molecule has 1 aromatic heterocycles. The van der Waals surface area contributed by atoms with Crippen molar-refractivity contribution in [1.82, 2.24) is 15.3 Å². The minimum Gasteiger partial charge on any atom is -0.355 e. The lowest BCUT2D eigenvalue weighted by atomic mass is 9.96. The largest absolute Gasteiger partial charge is 0.355 e. The first-order valence-electron chi connectivity index (χ1n) is 7.78. The number of carbonyl (C=O) groups is 1. The second-order valence-corrected chi connectivity index (χ2v) is 5.68. The summed E-state index contributed by atoms with van der Waals surface area (Å²) in [5, 5.41) is 2.84. The van der Waals surface area contributed by atoms with E-state index >= 15 is 0 Å². The Morgan fingerprint density at radius 2 is 2.04 bits per heavy atom. The lowest BCUT2D eigenvalue weighted by Gasteiger charge is -2.32. The fraction of sp³-hybridized carbons (Fsp3) is 0.353. The zero-order valence-electron chi connectivity index (χ0n) is 12.8. The Kier molecular flexibility index (Phi) is 4.80. The van der Waals surface area contributed by atoms with Gasteiger partial charge in [0.1, 0.15) is 11.6 Å². The molecule has 0 aliphatic carbocycles. The second-order valence-electron chi connectivity index (χ2n) is 5.68. The summed E-state index contributed by atoms with van der Waals surface area (Å²) in [4.78, 5) is 22.6. The van der Waals surface area contributed by atoms with Crippen LogP contribution in [0, 0.1) is 11.7 Å². The molecule has 0 radical (unpaired) electrons. The van der Waals surface area contributed by atoms with E-state index in [0.717, 1.165) is 31.7 Å². The van der Waals surface area contributed by atoms with Crippen LogP contribution < -0.4 is 10.2 Å². The molecule has 2 heterocycles. The number of halogens is 1. The minimum atomic E-state index is -0.484. The van der Waals surface area contributed by atoms with Crippen molar-refractivity contribution in [3.8, 4) is 0 Å². The van der Waals surface area contributed by atoms with Gasteiger partial charge in [-0.1, -0.05) is 12.1 Å². The van der Waals surface area contributed by atoms with Gasteiger partial charge in [-0.25, -0.2) is 9.37 Å². The van der Waals surface area contributed by atoms with E-state index < -0.39 is 5.82 Å². The number of nitrogens with one attached hydrogen (secondary N) is 1. The van der Waals surface area contributed by atoms with E-state index in [1.165, 1.54) is 12.1 Å². The van der Waals surface area contributed by atoms with Gasteiger partial charge in [0, 0.05) is 32.0 Å². The monoisotopic (exact) mass is 314 g/mol. The van der Waals surface area contributed by atoms with E-state index in [1.54, 1.807) is 30.7 Å². The Morgan fingerprint density at radius 1 is 1.26 bits per heavy atom. The maximum Gasteiger partial charge on any atom is 0.254 e. The third kappa shape index (κ3) is 3.83. The van der Waals surface area contributed by atoms with Gasteiger partial charge < -0.3 is 10.2 Å². The fourth-order valence-electron chi connectivity index (χ4n) is 2.80. The van der Waals surface area contributed by atoms with E-state index in [4.69, 9.17) is 0 Å². The molecule has 3 rings (SSSR count). The number of piperidine rings is 1. The van der Waals surface area contributed by atoms with Crippen LogP contribution in [-0.4, -0.2) is 35.5 Å². The first-order valence-corrected chi connectivity index (χ1v) is 7.78. The molecule has 1 aliphatic rings. The van der Waals surface area contributed by atoms with Gasteiger partial charge >= 0.3 is 0 Å². The molecule has 2 aromatic rings. The summed E-state index contributed by atoms with van der Waals surface area (Å²) < 4.78 is 13.6. The van der Waals surface area contributed by atoms with Crippen LogP contribution in [0.4, 0.5) is 10.2 Å². The molecule has 1 amide bonds. The van der Waals surface area contributed by atoms with Crippen molar-refractivity contribution in [3.05, 3.63) is 54.2 Å². The van der Waals surface area contributed by atoms with Crippen molar-refractivity contribution >= 4 is 11.7 Å². The van der Waals surface area contributed by atoms with Gasteiger partial charge in [-0.05, 0) is 30.9 Å². The standard InChI is InChI=1S/C17H19FN4O/c18-15-4-2-1-3-14(15)17(23)21-11-13-5-9-22(10-6-13)16-12-19-7-8-20-16/h1-4,7-8,12-13H,5-6,9-11H2,(H,21,23). The van der Waals surface area contributed by atoms with Gasteiger partial charge in [-0.3, -0.25) is 9.78 Å². The van der Waals surface area contributed by atoms with Crippen molar-refractivity contribution in [2.24, 2.45) is 5.92 Å². The normalized spacial score (nSPS) is 15.4. The molecular formula is C17H19FN4O. The molecule has 6 heteroatoms. The molecule has 0 spiro atoms. The number of anilines is 1. The van der Waals surface area contributed by atoms with Crippen LogP contribution in [0.25, 0.3) is 0 Å². The van der Waals surface area contributed by atoms with E-state index in [-0.39, 0.29) is 11.5 Å². The summed E-state index contributed by atoms with van der Waals surface area (Å²) in [6.45, 7) is 2.35. The van der Waals surface area contributed by atoms with E-state index in [9.17, 15) is 9.18 Å². The maximum absolute atomic E-state index is 13.6. The van der Waals surface area contributed by atoms with Gasteiger partial charge in [0.25, 0.3) is 5.91 Å². The van der Waals surface area contributed by atoms with Crippen molar-refractivity contribution in [2.75, 3.05) is 24.5 Å². The van der Waals surface area contributed by atoms with Crippen molar-refractivity contribution < 1.29 is 9.18 Å². The highest BCUT2D eigenvalue weighted by atomic mass is 19.1. The third-order valence-electron chi connectivity index (χ3n) is 4.16. The predicted molar refractivity (Wildman–Crippen MR) is 85.7 cm³/mol. The summed E-state index contributed by atoms with van der Waals surface area (Å²) in [7, 11) is 0. The molecule has 1 aliphatic heterocycles. The number of hydrogen-bond donors (Lipinski definition) is 1. The van der Waals surface area contributed by atoms with Crippen LogP contribution in [0.5, 0.6) is 0 Å². The van der Waals surface area contributed by atoms with Crippen LogP contribution in [0.2, 0.25) is 0 Å². The highest BCUT2D eigenvalue weighted by Crippen LogP contribution is 2.20. The predicted octanol–water partition coefficient (Wildman–Crippen LogP) is 2.26. The zero-order valence-corrected chi connectivity index (χ0v) is 12.8. The lowest BCUT2D eigenvalue weighted by molar-refractivity contribution is 0.0941. The molecule has 0 unspecified atom stereocenters. The summed E-state index contributed by atoms with van der Waals surface area (Å²) in [5.74, 6) is 0.460. The van der Waals surface area contributed by atoms with Crippen molar-refractivity contribution in [1.29, 1.82) is 0 Å². The topological polar surface area (TPSA) is 58.1 Å². The Bertz CT molecular complexity index is 657. The first kappa shape index (κ1) is 15.4. The minimum absolute atomic E-state index is 0.101. The molecule has 5 nitrogen and oxygen atoms in total. The summed E-state index contributed by atoms with van der Waals surface area (Å²) in [5.41, 5.74) is 0.101. The lowest BCUT2D eigenvalue weighted by Crippen LogP contribution is -2.39. The van der Waals surface area contributed by atoms with Crippen molar-refractivity contribution in [2.45, 2.75) is 12.8 Å². The number of nitrogens with zero attached hydrogens (tertiary/aromatic N) is 3. The Hall–Kier alpha value is -2.50. The number of aromatic nitrogens is 2. The van der Waals surface area contributed by atoms with Crippen LogP contribution >= 0.6 is 0 Å². The van der Waals surface area contributed by atoms with Crippen LogP contribution in [0.15, 0.2) is 42.9 Å².